The van der Waals surface area contributed by atoms with E-state index in [1.165, 1.54) is 0 Å². The minimum Gasteiger partial charge on any atom is -0.480 e. The molecule has 0 aliphatic heterocycles. The molecule has 1 aliphatic carbocycles. The first kappa shape index (κ1) is 12.8. The zero-order chi connectivity index (χ0) is 12.3. The third-order valence-electron chi connectivity index (χ3n) is 3.20. The van der Waals surface area contributed by atoms with Crippen molar-refractivity contribution in [2.75, 3.05) is 0 Å². The van der Waals surface area contributed by atoms with E-state index in [9.17, 15) is 9.59 Å². The predicted octanol–water partition coefficient (Wildman–Crippen LogP) is 1.34. The van der Waals surface area contributed by atoms with Gasteiger partial charge in [0.05, 0.1) is 0 Å². The minimum absolute atomic E-state index is 0.0530. The third kappa shape index (κ3) is 2.87. The predicted molar refractivity (Wildman–Crippen MR) is 60.2 cm³/mol. The summed E-state index contributed by atoms with van der Waals surface area (Å²) in [4.78, 5) is 22.7. The second kappa shape index (κ2) is 4.72. The number of hydrogen-bond donors (Lipinski definition) is 3. The second-order valence-corrected chi connectivity index (χ2v) is 4.69. The van der Waals surface area contributed by atoms with Crippen molar-refractivity contribution in [2.24, 2.45) is 5.92 Å². The van der Waals surface area contributed by atoms with Crippen LogP contribution in [0, 0.1) is 5.92 Å². The number of amides is 2. The molecular formula is C11H20N2O3. The first-order valence-electron chi connectivity index (χ1n) is 5.72. The summed E-state index contributed by atoms with van der Waals surface area (Å²) in [6, 6.07) is -0.344. The van der Waals surface area contributed by atoms with Crippen LogP contribution in [0.2, 0.25) is 0 Å². The fraction of sp³-hybridized carbons (Fsp3) is 0.818. The first-order chi connectivity index (χ1) is 7.40. The monoisotopic (exact) mass is 228 g/mol. The molecule has 92 valence electrons. The lowest BCUT2D eigenvalue weighted by Gasteiger charge is -2.27. The van der Waals surface area contributed by atoms with Gasteiger partial charge in [0.25, 0.3) is 0 Å². The summed E-state index contributed by atoms with van der Waals surface area (Å²) >= 11 is 0. The summed E-state index contributed by atoms with van der Waals surface area (Å²) in [6.07, 6.45) is 2.56. The van der Waals surface area contributed by atoms with Crippen molar-refractivity contribution in [2.45, 2.75) is 51.6 Å². The Morgan fingerprint density at radius 3 is 2.44 bits per heavy atom. The Morgan fingerprint density at radius 2 is 2.06 bits per heavy atom. The van der Waals surface area contributed by atoms with E-state index in [4.69, 9.17) is 5.11 Å². The smallest absolute Gasteiger partial charge is 0.329 e. The molecule has 1 aliphatic rings. The summed E-state index contributed by atoms with van der Waals surface area (Å²) in [5.41, 5.74) is -1.13. The molecular weight excluding hydrogens is 208 g/mol. The maximum absolute atomic E-state index is 11.6. The Balaban J connectivity index is 2.55. The highest BCUT2D eigenvalue weighted by atomic mass is 16.4. The van der Waals surface area contributed by atoms with Crippen LogP contribution in [0.25, 0.3) is 0 Å². The largest absolute Gasteiger partial charge is 0.480 e. The molecule has 0 saturated heterocycles. The SMILES string of the molecule is CCC(C)NC(=O)NC(C)(C(=O)O)C1CC1. The van der Waals surface area contributed by atoms with Gasteiger partial charge in [0.2, 0.25) is 0 Å². The van der Waals surface area contributed by atoms with Crippen LogP contribution in [-0.4, -0.2) is 28.7 Å². The molecule has 0 bridgehead atoms. The molecule has 1 fully saturated rings. The Kier molecular flexibility index (Phi) is 3.78. The number of carbonyl (C=O) groups excluding carboxylic acids is 1. The lowest BCUT2D eigenvalue weighted by atomic mass is 9.96. The highest BCUT2D eigenvalue weighted by Crippen LogP contribution is 2.39. The van der Waals surface area contributed by atoms with E-state index in [1.54, 1.807) is 6.92 Å². The van der Waals surface area contributed by atoms with Gasteiger partial charge in [-0.25, -0.2) is 9.59 Å². The van der Waals surface area contributed by atoms with Crippen molar-refractivity contribution >= 4 is 12.0 Å². The van der Waals surface area contributed by atoms with Crippen molar-refractivity contribution in [3.05, 3.63) is 0 Å². The molecule has 0 radical (unpaired) electrons. The van der Waals surface area contributed by atoms with Gasteiger partial charge in [-0.3, -0.25) is 0 Å². The van der Waals surface area contributed by atoms with Crippen LogP contribution in [0.15, 0.2) is 0 Å². The van der Waals surface area contributed by atoms with E-state index in [2.05, 4.69) is 10.6 Å². The molecule has 3 N–H and O–H groups in total. The maximum Gasteiger partial charge on any atom is 0.329 e. The summed E-state index contributed by atoms with van der Waals surface area (Å²) in [5, 5.41) is 14.4. The van der Waals surface area contributed by atoms with Crippen molar-refractivity contribution in [1.82, 2.24) is 10.6 Å². The number of carbonyl (C=O) groups is 2. The summed E-state index contributed by atoms with van der Waals surface area (Å²) in [6.45, 7) is 5.42. The summed E-state index contributed by atoms with van der Waals surface area (Å²) in [7, 11) is 0. The van der Waals surface area contributed by atoms with Crippen molar-refractivity contribution in [3.8, 4) is 0 Å². The van der Waals surface area contributed by atoms with Gasteiger partial charge in [0, 0.05) is 6.04 Å². The van der Waals surface area contributed by atoms with E-state index in [0.717, 1.165) is 19.3 Å². The molecule has 0 aromatic heterocycles. The molecule has 0 aromatic rings. The van der Waals surface area contributed by atoms with Crippen molar-refractivity contribution in [1.29, 1.82) is 0 Å². The van der Waals surface area contributed by atoms with Gasteiger partial charge in [-0.05, 0) is 39.0 Å². The zero-order valence-corrected chi connectivity index (χ0v) is 10.0. The Hall–Kier alpha value is -1.26. The van der Waals surface area contributed by atoms with Gasteiger partial charge >= 0.3 is 12.0 Å². The van der Waals surface area contributed by atoms with Crippen molar-refractivity contribution in [3.63, 3.8) is 0 Å². The molecule has 5 heteroatoms. The topological polar surface area (TPSA) is 78.4 Å². The van der Waals surface area contributed by atoms with Gasteiger partial charge in [-0.2, -0.15) is 0 Å². The zero-order valence-electron chi connectivity index (χ0n) is 10.0. The minimum atomic E-state index is -1.13. The maximum atomic E-state index is 11.6. The third-order valence-corrected chi connectivity index (χ3v) is 3.20. The Labute approximate surface area is 95.6 Å². The first-order valence-corrected chi connectivity index (χ1v) is 5.72. The molecule has 2 unspecified atom stereocenters. The number of nitrogens with one attached hydrogen (secondary N) is 2. The molecule has 16 heavy (non-hydrogen) atoms. The van der Waals surface area contributed by atoms with Crippen molar-refractivity contribution < 1.29 is 14.7 Å². The Bertz CT molecular complexity index is 289. The fourth-order valence-electron chi connectivity index (χ4n) is 1.59. The van der Waals surface area contributed by atoms with Crippen LogP contribution < -0.4 is 10.6 Å². The van der Waals surface area contributed by atoms with Gasteiger partial charge in [-0.1, -0.05) is 6.92 Å². The molecule has 1 rings (SSSR count). The number of hydrogen-bond acceptors (Lipinski definition) is 2. The Morgan fingerprint density at radius 1 is 1.50 bits per heavy atom. The average molecular weight is 228 g/mol. The van der Waals surface area contributed by atoms with Gasteiger partial charge in [0.1, 0.15) is 5.54 Å². The van der Waals surface area contributed by atoms with Crippen LogP contribution in [-0.2, 0) is 4.79 Å². The molecule has 0 spiro atoms. The lowest BCUT2D eigenvalue weighted by Crippen LogP contribution is -2.57. The van der Waals surface area contributed by atoms with Gasteiger partial charge in [0.15, 0.2) is 0 Å². The standard InChI is InChI=1S/C11H20N2O3/c1-4-7(2)12-10(16)13-11(3,9(14)15)8-5-6-8/h7-8H,4-6H2,1-3H3,(H,14,15)(H2,12,13,16). The molecule has 0 aromatic carbocycles. The second-order valence-electron chi connectivity index (χ2n) is 4.69. The molecule has 0 heterocycles. The van der Waals surface area contributed by atoms with E-state index in [0.29, 0.717) is 0 Å². The highest BCUT2D eigenvalue weighted by Gasteiger charge is 2.48. The summed E-state index contributed by atoms with van der Waals surface area (Å²) < 4.78 is 0. The lowest BCUT2D eigenvalue weighted by molar-refractivity contribution is -0.144. The quantitative estimate of drug-likeness (QED) is 0.664. The number of aliphatic carboxylic acids is 1. The van der Waals surface area contributed by atoms with Crippen LogP contribution in [0.5, 0.6) is 0 Å². The fourth-order valence-corrected chi connectivity index (χ4v) is 1.59. The molecule has 2 amide bonds. The highest BCUT2D eigenvalue weighted by molar-refractivity contribution is 5.86. The van der Waals surface area contributed by atoms with Gasteiger partial charge < -0.3 is 15.7 Å². The number of rotatable bonds is 5. The average Bonchev–Trinajstić information content (AvgIpc) is 2.99. The van der Waals surface area contributed by atoms with E-state index >= 15 is 0 Å². The number of urea groups is 1. The molecule has 2 atom stereocenters. The van der Waals surface area contributed by atoms with Crippen LogP contribution in [0.4, 0.5) is 4.79 Å². The van der Waals surface area contributed by atoms with Crippen LogP contribution >= 0.6 is 0 Å². The summed E-state index contributed by atoms with van der Waals surface area (Å²) in [5.74, 6) is -0.901. The number of carboxylic acid groups (broad SMARTS) is 1. The van der Waals surface area contributed by atoms with E-state index in [-0.39, 0.29) is 12.0 Å². The molecule has 1 saturated carbocycles. The number of carboxylic acids is 1. The van der Waals surface area contributed by atoms with Gasteiger partial charge in [-0.15, -0.1) is 0 Å². The van der Waals surface area contributed by atoms with E-state index < -0.39 is 17.5 Å². The van der Waals surface area contributed by atoms with E-state index in [1.807, 2.05) is 13.8 Å². The van der Waals surface area contributed by atoms with Crippen LogP contribution in [0.1, 0.15) is 40.0 Å². The normalized spacial score (nSPS) is 20.7. The molecule has 5 nitrogen and oxygen atoms in total. The van der Waals surface area contributed by atoms with Crippen LogP contribution in [0.3, 0.4) is 0 Å².